The fourth-order valence-corrected chi connectivity index (χ4v) is 2.93. The molecule has 0 radical (unpaired) electrons. The summed E-state index contributed by atoms with van der Waals surface area (Å²) in [6, 6.07) is 14.2. The maximum Gasteiger partial charge on any atom is 0.254 e. The molecule has 1 amide bonds. The third-order valence-corrected chi connectivity index (χ3v) is 4.43. The first-order chi connectivity index (χ1) is 13.1. The molecule has 3 rings (SSSR count). The maximum absolute atomic E-state index is 12.3. The van der Waals surface area contributed by atoms with Gasteiger partial charge < -0.3 is 10.6 Å². The molecule has 0 fully saturated rings. The number of amides is 1. The van der Waals surface area contributed by atoms with E-state index in [-0.39, 0.29) is 5.91 Å². The highest BCUT2D eigenvalue weighted by Crippen LogP contribution is 2.23. The van der Waals surface area contributed by atoms with Crippen molar-refractivity contribution in [2.45, 2.75) is 33.7 Å². The number of nitrogens with one attached hydrogen (secondary N) is 2. The first kappa shape index (κ1) is 18.6. The summed E-state index contributed by atoms with van der Waals surface area (Å²) in [5.41, 5.74) is 6.04. The highest BCUT2D eigenvalue weighted by Gasteiger charge is 2.09. The molecule has 0 aliphatic carbocycles. The van der Waals surface area contributed by atoms with Crippen molar-refractivity contribution in [1.29, 1.82) is 0 Å². The Morgan fingerprint density at radius 2 is 1.78 bits per heavy atom. The summed E-state index contributed by atoms with van der Waals surface area (Å²) in [5, 5.41) is 6.17. The van der Waals surface area contributed by atoms with Crippen LogP contribution in [0.1, 0.15) is 39.5 Å². The summed E-state index contributed by atoms with van der Waals surface area (Å²) in [6.45, 7) is 6.67. The number of aromatic nitrogens is 2. The van der Waals surface area contributed by atoms with Gasteiger partial charge in [-0.15, -0.1) is 0 Å². The van der Waals surface area contributed by atoms with Crippen LogP contribution in [0.4, 0.5) is 11.6 Å². The van der Waals surface area contributed by atoms with Crippen LogP contribution in [-0.2, 0) is 13.0 Å². The SMILES string of the molecule is CCc1cccc(C)c1Nc1ncc(C(=O)NCc2cccc(C)c2)cn1. The lowest BCUT2D eigenvalue weighted by Crippen LogP contribution is -2.23. The second-order valence-corrected chi connectivity index (χ2v) is 6.55. The predicted molar refractivity (Wildman–Crippen MR) is 108 cm³/mol. The smallest absolute Gasteiger partial charge is 0.254 e. The summed E-state index contributed by atoms with van der Waals surface area (Å²) in [6.07, 6.45) is 4.01. The number of nitrogens with zero attached hydrogens (tertiary/aromatic N) is 2. The first-order valence-corrected chi connectivity index (χ1v) is 9.08. The summed E-state index contributed by atoms with van der Waals surface area (Å²) in [4.78, 5) is 20.9. The number of carbonyl (C=O) groups excluding carboxylic acids is 1. The number of carbonyl (C=O) groups is 1. The van der Waals surface area contributed by atoms with Crippen LogP contribution in [0.5, 0.6) is 0 Å². The van der Waals surface area contributed by atoms with Crippen LogP contribution in [0, 0.1) is 13.8 Å². The van der Waals surface area contributed by atoms with Gasteiger partial charge in [0.25, 0.3) is 5.91 Å². The Morgan fingerprint density at radius 1 is 1.04 bits per heavy atom. The normalized spacial score (nSPS) is 10.5. The summed E-state index contributed by atoms with van der Waals surface area (Å²) in [5.74, 6) is 0.294. The molecule has 3 aromatic rings. The van der Waals surface area contributed by atoms with E-state index in [4.69, 9.17) is 0 Å². The van der Waals surface area contributed by atoms with Gasteiger partial charge in [0.2, 0.25) is 5.95 Å². The minimum atomic E-state index is -0.187. The average Bonchev–Trinajstić information content (AvgIpc) is 2.68. The Morgan fingerprint density at radius 3 is 2.48 bits per heavy atom. The van der Waals surface area contributed by atoms with Crippen LogP contribution in [0.2, 0.25) is 0 Å². The topological polar surface area (TPSA) is 66.9 Å². The molecule has 5 nitrogen and oxygen atoms in total. The Labute approximate surface area is 159 Å². The highest BCUT2D eigenvalue weighted by molar-refractivity contribution is 5.93. The van der Waals surface area contributed by atoms with E-state index in [0.29, 0.717) is 18.1 Å². The van der Waals surface area contributed by atoms with Crippen molar-refractivity contribution in [1.82, 2.24) is 15.3 Å². The number of aryl methyl sites for hydroxylation is 3. The lowest BCUT2D eigenvalue weighted by atomic mass is 10.1. The fourth-order valence-electron chi connectivity index (χ4n) is 2.93. The van der Waals surface area contributed by atoms with Crippen molar-refractivity contribution < 1.29 is 4.79 Å². The minimum Gasteiger partial charge on any atom is -0.348 e. The first-order valence-electron chi connectivity index (χ1n) is 9.08. The van der Waals surface area contributed by atoms with E-state index in [1.807, 2.05) is 31.2 Å². The second-order valence-electron chi connectivity index (χ2n) is 6.55. The monoisotopic (exact) mass is 360 g/mol. The molecule has 0 atom stereocenters. The summed E-state index contributed by atoms with van der Waals surface area (Å²) >= 11 is 0. The zero-order valence-electron chi connectivity index (χ0n) is 15.9. The van der Waals surface area contributed by atoms with Crippen LogP contribution >= 0.6 is 0 Å². The number of hydrogen-bond acceptors (Lipinski definition) is 4. The van der Waals surface area contributed by atoms with Gasteiger partial charge in [-0.3, -0.25) is 4.79 Å². The van der Waals surface area contributed by atoms with Crippen LogP contribution in [0.15, 0.2) is 54.9 Å². The van der Waals surface area contributed by atoms with E-state index >= 15 is 0 Å². The van der Waals surface area contributed by atoms with Crippen molar-refractivity contribution >= 4 is 17.5 Å². The minimum absolute atomic E-state index is 0.187. The van der Waals surface area contributed by atoms with Gasteiger partial charge in [0.05, 0.1) is 5.56 Å². The van der Waals surface area contributed by atoms with E-state index in [0.717, 1.165) is 23.2 Å². The van der Waals surface area contributed by atoms with Crippen LogP contribution in [-0.4, -0.2) is 15.9 Å². The highest BCUT2D eigenvalue weighted by atomic mass is 16.1. The standard InChI is InChI=1S/C22H24N4O/c1-4-18-10-6-8-16(3)20(18)26-22-24-13-19(14-25-22)21(27)23-12-17-9-5-7-15(2)11-17/h5-11,13-14H,4,12H2,1-3H3,(H,23,27)(H,24,25,26). The quantitative estimate of drug-likeness (QED) is 0.687. The molecule has 1 aromatic heterocycles. The number of hydrogen-bond donors (Lipinski definition) is 2. The van der Waals surface area contributed by atoms with Gasteiger partial charge in [0.1, 0.15) is 0 Å². The van der Waals surface area contributed by atoms with E-state index in [2.05, 4.69) is 52.6 Å². The lowest BCUT2D eigenvalue weighted by molar-refractivity contribution is 0.0950. The van der Waals surface area contributed by atoms with Gasteiger partial charge in [0, 0.05) is 24.6 Å². The fraction of sp³-hybridized carbons (Fsp3) is 0.227. The van der Waals surface area contributed by atoms with Crippen molar-refractivity contribution in [2.75, 3.05) is 5.32 Å². The lowest BCUT2D eigenvalue weighted by Gasteiger charge is -2.13. The van der Waals surface area contributed by atoms with Gasteiger partial charge in [-0.1, -0.05) is 55.0 Å². The molecule has 0 aliphatic rings. The molecule has 138 valence electrons. The zero-order chi connectivity index (χ0) is 19.2. The van der Waals surface area contributed by atoms with Crippen molar-refractivity contribution in [3.63, 3.8) is 0 Å². The molecular weight excluding hydrogens is 336 g/mol. The predicted octanol–water partition coefficient (Wildman–Crippen LogP) is 4.33. The molecule has 0 aliphatic heterocycles. The van der Waals surface area contributed by atoms with Crippen LogP contribution in [0.3, 0.4) is 0 Å². The third-order valence-electron chi connectivity index (χ3n) is 4.43. The van der Waals surface area contributed by atoms with Crippen LogP contribution in [0.25, 0.3) is 0 Å². The number of para-hydroxylation sites is 1. The van der Waals surface area contributed by atoms with Crippen molar-refractivity contribution in [2.24, 2.45) is 0 Å². The van der Waals surface area contributed by atoms with Crippen molar-refractivity contribution in [3.8, 4) is 0 Å². The second kappa shape index (κ2) is 8.45. The molecule has 0 bridgehead atoms. The molecular formula is C22H24N4O. The Bertz CT molecular complexity index is 935. The maximum atomic E-state index is 12.3. The largest absolute Gasteiger partial charge is 0.348 e. The van der Waals surface area contributed by atoms with Crippen LogP contribution < -0.4 is 10.6 Å². The van der Waals surface area contributed by atoms with E-state index in [1.54, 1.807) is 12.4 Å². The van der Waals surface area contributed by atoms with E-state index in [1.165, 1.54) is 11.1 Å². The molecule has 2 N–H and O–H groups in total. The Hall–Kier alpha value is -3.21. The molecule has 0 spiro atoms. The van der Waals surface area contributed by atoms with Crippen molar-refractivity contribution in [3.05, 3.63) is 82.7 Å². The zero-order valence-corrected chi connectivity index (χ0v) is 15.9. The van der Waals surface area contributed by atoms with E-state index in [9.17, 15) is 4.79 Å². The summed E-state index contributed by atoms with van der Waals surface area (Å²) < 4.78 is 0. The van der Waals surface area contributed by atoms with Gasteiger partial charge in [-0.2, -0.15) is 0 Å². The average molecular weight is 360 g/mol. The molecule has 0 saturated carbocycles. The summed E-state index contributed by atoms with van der Waals surface area (Å²) in [7, 11) is 0. The molecule has 0 unspecified atom stereocenters. The molecule has 2 aromatic carbocycles. The van der Waals surface area contributed by atoms with Gasteiger partial charge in [-0.05, 0) is 37.0 Å². The van der Waals surface area contributed by atoms with E-state index < -0.39 is 0 Å². The molecule has 27 heavy (non-hydrogen) atoms. The Kier molecular flexibility index (Phi) is 5.81. The molecule has 0 saturated heterocycles. The number of benzene rings is 2. The molecule has 5 heteroatoms. The van der Waals surface area contributed by atoms with Gasteiger partial charge in [-0.25, -0.2) is 9.97 Å². The number of rotatable bonds is 6. The third kappa shape index (κ3) is 4.70. The number of anilines is 2. The van der Waals surface area contributed by atoms with Gasteiger partial charge >= 0.3 is 0 Å². The Balaban J connectivity index is 1.66. The van der Waals surface area contributed by atoms with Gasteiger partial charge in [0.15, 0.2) is 0 Å². The molecule has 1 heterocycles.